The standard InChI is InChI=1S/C18H24N2O4S/c21-17-10-16(12-20(17)8-6-14-4-2-1-3-5-14)18(22)19-11-15-7-9-25(23,24)13-15/h1-5,15-16H,6-13H2,(H,19,22). The van der Waals surface area contributed by atoms with Crippen LogP contribution in [0.3, 0.4) is 0 Å². The van der Waals surface area contributed by atoms with Gasteiger partial charge in [-0.25, -0.2) is 8.42 Å². The maximum Gasteiger partial charge on any atom is 0.225 e. The summed E-state index contributed by atoms with van der Waals surface area (Å²) in [6, 6.07) is 9.96. The lowest BCUT2D eigenvalue weighted by Gasteiger charge is -2.17. The number of carbonyl (C=O) groups is 2. The minimum absolute atomic E-state index is 0.000221. The Balaban J connectivity index is 1.44. The zero-order valence-electron chi connectivity index (χ0n) is 14.2. The van der Waals surface area contributed by atoms with Gasteiger partial charge in [-0.2, -0.15) is 0 Å². The molecule has 2 fully saturated rings. The van der Waals surface area contributed by atoms with E-state index in [1.807, 2.05) is 30.3 Å². The highest BCUT2D eigenvalue weighted by Crippen LogP contribution is 2.20. The average Bonchev–Trinajstić information content (AvgIpc) is 3.14. The van der Waals surface area contributed by atoms with E-state index in [1.54, 1.807) is 4.90 Å². The molecule has 1 N–H and O–H groups in total. The van der Waals surface area contributed by atoms with E-state index < -0.39 is 9.84 Å². The highest BCUT2D eigenvalue weighted by molar-refractivity contribution is 7.91. The normalized spacial score (nSPS) is 25.3. The number of carbonyl (C=O) groups excluding carboxylic acids is 2. The Morgan fingerprint density at radius 3 is 2.68 bits per heavy atom. The summed E-state index contributed by atoms with van der Waals surface area (Å²) in [6.45, 7) is 1.45. The zero-order chi connectivity index (χ0) is 17.9. The van der Waals surface area contributed by atoms with Crippen LogP contribution in [0.2, 0.25) is 0 Å². The summed E-state index contributed by atoms with van der Waals surface area (Å²) in [5, 5.41) is 2.84. The first kappa shape index (κ1) is 17.9. The number of rotatable bonds is 6. The number of benzene rings is 1. The van der Waals surface area contributed by atoms with E-state index in [2.05, 4.69) is 5.32 Å². The van der Waals surface area contributed by atoms with Gasteiger partial charge in [0, 0.05) is 26.1 Å². The van der Waals surface area contributed by atoms with Crippen molar-refractivity contribution in [2.45, 2.75) is 19.3 Å². The van der Waals surface area contributed by atoms with Gasteiger partial charge in [0.25, 0.3) is 0 Å². The lowest BCUT2D eigenvalue weighted by Crippen LogP contribution is -2.36. The molecule has 0 saturated carbocycles. The van der Waals surface area contributed by atoms with Crippen molar-refractivity contribution in [3.8, 4) is 0 Å². The Kier molecular flexibility index (Phi) is 5.42. The Bertz CT molecular complexity index is 733. The first-order valence-electron chi connectivity index (χ1n) is 8.73. The molecule has 2 atom stereocenters. The largest absolute Gasteiger partial charge is 0.355 e. The van der Waals surface area contributed by atoms with Gasteiger partial charge in [0.2, 0.25) is 11.8 Å². The van der Waals surface area contributed by atoms with Gasteiger partial charge >= 0.3 is 0 Å². The first-order valence-corrected chi connectivity index (χ1v) is 10.5. The maximum absolute atomic E-state index is 12.3. The van der Waals surface area contributed by atoms with Gasteiger partial charge in [-0.05, 0) is 24.3 Å². The van der Waals surface area contributed by atoms with E-state index in [1.165, 1.54) is 5.56 Å². The SMILES string of the molecule is O=C(NCC1CCS(=O)(=O)C1)C1CC(=O)N(CCc2ccccc2)C1. The summed E-state index contributed by atoms with van der Waals surface area (Å²) < 4.78 is 22.9. The average molecular weight is 364 g/mol. The molecule has 0 bridgehead atoms. The molecule has 2 aliphatic heterocycles. The minimum atomic E-state index is -2.93. The molecular formula is C18H24N2O4S. The van der Waals surface area contributed by atoms with Crippen molar-refractivity contribution in [2.75, 3.05) is 31.1 Å². The summed E-state index contributed by atoms with van der Waals surface area (Å²) in [7, 11) is -2.93. The van der Waals surface area contributed by atoms with Crippen molar-refractivity contribution < 1.29 is 18.0 Å². The van der Waals surface area contributed by atoms with Crippen LogP contribution in [-0.2, 0) is 25.8 Å². The van der Waals surface area contributed by atoms with E-state index in [4.69, 9.17) is 0 Å². The Morgan fingerprint density at radius 2 is 2.00 bits per heavy atom. The second kappa shape index (κ2) is 7.56. The van der Waals surface area contributed by atoms with Crippen molar-refractivity contribution >= 4 is 21.7 Å². The second-order valence-corrected chi connectivity index (χ2v) is 9.22. The zero-order valence-corrected chi connectivity index (χ0v) is 15.0. The fraction of sp³-hybridized carbons (Fsp3) is 0.556. The van der Waals surface area contributed by atoms with Crippen LogP contribution >= 0.6 is 0 Å². The van der Waals surface area contributed by atoms with E-state index in [0.29, 0.717) is 26.1 Å². The minimum Gasteiger partial charge on any atom is -0.355 e. The predicted molar refractivity (Wildman–Crippen MR) is 94.6 cm³/mol. The number of sulfone groups is 1. The van der Waals surface area contributed by atoms with Crippen LogP contribution in [0.1, 0.15) is 18.4 Å². The monoisotopic (exact) mass is 364 g/mol. The van der Waals surface area contributed by atoms with Gasteiger partial charge in [0.05, 0.1) is 17.4 Å². The van der Waals surface area contributed by atoms with Gasteiger partial charge in [-0.1, -0.05) is 30.3 Å². The van der Waals surface area contributed by atoms with Crippen molar-refractivity contribution in [3.05, 3.63) is 35.9 Å². The molecule has 1 aromatic carbocycles. The highest BCUT2D eigenvalue weighted by atomic mass is 32.2. The molecule has 0 aliphatic carbocycles. The third kappa shape index (κ3) is 4.81. The van der Waals surface area contributed by atoms with Crippen molar-refractivity contribution in [1.29, 1.82) is 0 Å². The third-order valence-corrected chi connectivity index (χ3v) is 6.83. The quantitative estimate of drug-likeness (QED) is 0.802. The van der Waals surface area contributed by atoms with Crippen LogP contribution in [0, 0.1) is 11.8 Å². The van der Waals surface area contributed by atoms with Crippen molar-refractivity contribution in [1.82, 2.24) is 10.2 Å². The van der Waals surface area contributed by atoms with Crippen LogP contribution in [-0.4, -0.2) is 56.3 Å². The summed E-state index contributed by atoms with van der Waals surface area (Å²) in [5.41, 5.74) is 1.17. The van der Waals surface area contributed by atoms with Crippen molar-refractivity contribution in [2.24, 2.45) is 11.8 Å². The molecule has 2 unspecified atom stereocenters. The van der Waals surface area contributed by atoms with E-state index in [-0.39, 0.29) is 41.6 Å². The number of amides is 2. The lowest BCUT2D eigenvalue weighted by molar-refractivity contribution is -0.129. The van der Waals surface area contributed by atoms with Crippen LogP contribution in [0.25, 0.3) is 0 Å². The van der Waals surface area contributed by atoms with E-state index >= 15 is 0 Å². The molecule has 1 aromatic rings. The molecule has 0 aromatic heterocycles. The molecular weight excluding hydrogens is 340 g/mol. The summed E-state index contributed by atoms with van der Waals surface area (Å²) in [5.74, 6) is -0.0936. The predicted octanol–water partition coefficient (Wildman–Crippen LogP) is 0.629. The second-order valence-electron chi connectivity index (χ2n) is 6.99. The number of hydrogen-bond donors (Lipinski definition) is 1. The van der Waals surface area contributed by atoms with E-state index in [0.717, 1.165) is 6.42 Å². The fourth-order valence-electron chi connectivity index (χ4n) is 3.49. The van der Waals surface area contributed by atoms with Crippen molar-refractivity contribution in [3.63, 3.8) is 0 Å². The molecule has 2 saturated heterocycles. The summed E-state index contributed by atoms with van der Waals surface area (Å²) in [6.07, 6.45) is 1.62. The molecule has 136 valence electrons. The van der Waals surface area contributed by atoms with Crippen LogP contribution in [0.15, 0.2) is 30.3 Å². The number of nitrogens with zero attached hydrogens (tertiary/aromatic N) is 1. The Hall–Kier alpha value is -1.89. The van der Waals surface area contributed by atoms with Gasteiger partial charge in [-0.3, -0.25) is 9.59 Å². The third-order valence-electron chi connectivity index (χ3n) is 4.99. The maximum atomic E-state index is 12.3. The molecule has 2 heterocycles. The Morgan fingerprint density at radius 1 is 1.24 bits per heavy atom. The fourth-order valence-corrected chi connectivity index (χ4v) is 5.36. The molecule has 0 radical (unpaired) electrons. The van der Waals surface area contributed by atoms with Crippen LogP contribution in [0.4, 0.5) is 0 Å². The van der Waals surface area contributed by atoms with Crippen LogP contribution < -0.4 is 5.32 Å². The molecule has 0 spiro atoms. The topological polar surface area (TPSA) is 83.5 Å². The highest BCUT2D eigenvalue weighted by Gasteiger charge is 2.35. The smallest absolute Gasteiger partial charge is 0.225 e. The molecule has 6 nitrogen and oxygen atoms in total. The summed E-state index contributed by atoms with van der Waals surface area (Å²) >= 11 is 0. The van der Waals surface area contributed by atoms with Crippen LogP contribution in [0.5, 0.6) is 0 Å². The van der Waals surface area contributed by atoms with Gasteiger partial charge < -0.3 is 10.2 Å². The number of nitrogens with one attached hydrogen (secondary N) is 1. The van der Waals surface area contributed by atoms with Gasteiger partial charge in [0.15, 0.2) is 9.84 Å². The Labute approximate surface area is 148 Å². The lowest BCUT2D eigenvalue weighted by atomic mass is 10.1. The van der Waals surface area contributed by atoms with Gasteiger partial charge in [-0.15, -0.1) is 0 Å². The van der Waals surface area contributed by atoms with Gasteiger partial charge in [0.1, 0.15) is 0 Å². The first-order chi connectivity index (χ1) is 11.9. The molecule has 7 heteroatoms. The molecule has 2 aliphatic rings. The van der Waals surface area contributed by atoms with E-state index in [9.17, 15) is 18.0 Å². The molecule has 2 amide bonds. The number of hydrogen-bond acceptors (Lipinski definition) is 4. The summed E-state index contributed by atoms with van der Waals surface area (Å²) in [4.78, 5) is 26.2. The molecule has 25 heavy (non-hydrogen) atoms. The molecule has 3 rings (SSSR count). The number of likely N-dealkylation sites (tertiary alicyclic amines) is 1.